The molecule has 0 bridgehead atoms. The van der Waals surface area contributed by atoms with E-state index in [0.717, 1.165) is 11.1 Å². The summed E-state index contributed by atoms with van der Waals surface area (Å²) in [6.45, 7) is 6.04. The van der Waals surface area contributed by atoms with Gasteiger partial charge < -0.3 is 5.73 Å². The van der Waals surface area contributed by atoms with Crippen molar-refractivity contribution in [3.05, 3.63) is 59.7 Å². The normalized spacial score (nSPS) is 9.28. The summed E-state index contributed by atoms with van der Waals surface area (Å²) in [6, 6.07) is 15.5. The highest BCUT2D eigenvalue weighted by Crippen LogP contribution is 2.21. The number of primary amides is 1. The molecule has 2 aromatic rings. The van der Waals surface area contributed by atoms with Gasteiger partial charge in [-0.25, -0.2) is 0 Å². The number of nitrogens with two attached hydrogens (primary N) is 1. The van der Waals surface area contributed by atoms with Crippen LogP contribution in [-0.4, -0.2) is 5.91 Å². The average molecular weight is 241 g/mol. The Morgan fingerprint density at radius 3 is 2.06 bits per heavy atom. The van der Waals surface area contributed by atoms with Crippen LogP contribution in [0, 0.1) is 6.92 Å². The molecule has 2 rings (SSSR count). The molecule has 2 nitrogen and oxygen atoms in total. The van der Waals surface area contributed by atoms with Crippen molar-refractivity contribution in [3.63, 3.8) is 0 Å². The van der Waals surface area contributed by atoms with Crippen molar-refractivity contribution in [1.29, 1.82) is 0 Å². The zero-order chi connectivity index (χ0) is 13.5. The first-order chi connectivity index (χ1) is 8.66. The van der Waals surface area contributed by atoms with Gasteiger partial charge in [-0.3, -0.25) is 4.79 Å². The Morgan fingerprint density at radius 2 is 1.50 bits per heavy atom. The summed E-state index contributed by atoms with van der Waals surface area (Å²) in [7, 11) is 0. The minimum Gasteiger partial charge on any atom is -0.366 e. The molecule has 0 radical (unpaired) electrons. The molecule has 0 aliphatic rings. The van der Waals surface area contributed by atoms with E-state index in [1.807, 2.05) is 57.2 Å². The zero-order valence-corrected chi connectivity index (χ0v) is 11.1. The lowest BCUT2D eigenvalue weighted by molar-refractivity contribution is 0.100. The van der Waals surface area contributed by atoms with E-state index < -0.39 is 5.91 Å². The summed E-state index contributed by atoms with van der Waals surface area (Å²) in [5.74, 6) is -0.394. The summed E-state index contributed by atoms with van der Waals surface area (Å²) in [6.07, 6.45) is 0. The van der Waals surface area contributed by atoms with E-state index >= 15 is 0 Å². The van der Waals surface area contributed by atoms with Crippen LogP contribution in [0.25, 0.3) is 11.1 Å². The first-order valence-electron chi connectivity index (χ1n) is 6.14. The topological polar surface area (TPSA) is 43.1 Å². The van der Waals surface area contributed by atoms with E-state index in [4.69, 9.17) is 5.73 Å². The van der Waals surface area contributed by atoms with Gasteiger partial charge >= 0.3 is 0 Å². The molecule has 0 unspecified atom stereocenters. The van der Waals surface area contributed by atoms with Crippen LogP contribution < -0.4 is 5.73 Å². The Bertz CT molecular complexity index is 532. The Hall–Kier alpha value is -2.09. The monoisotopic (exact) mass is 241 g/mol. The molecular weight excluding hydrogens is 222 g/mol. The summed E-state index contributed by atoms with van der Waals surface area (Å²) < 4.78 is 0. The summed E-state index contributed by atoms with van der Waals surface area (Å²) in [4.78, 5) is 11.1. The minimum atomic E-state index is -0.394. The number of hydrogen-bond donors (Lipinski definition) is 1. The Balaban J connectivity index is 0.000000771. The van der Waals surface area contributed by atoms with Gasteiger partial charge in [0, 0.05) is 5.56 Å². The van der Waals surface area contributed by atoms with Crippen molar-refractivity contribution in [2.24, 2.45) is 5.73 Å². The van der Waals surface area contributed by atoms with Gasteiger partial charge in [0.1, 0.15) is 0 Å². The first-order valence-corrected chi connectivity index (χ1v) is 6.14. The van der Waals surface area contributed by atoms with Gasteiger partial charge in [0.15, 0.2) is 0 Å². The molecule has 0 atom stereocenters. The van der Waals surface area contributed by atoms with Crippen LogP contribution in [-0.2, 0) is 0 Å². The fourth-order valence-corrected chi connectivity index (χ4v) is 1.68. The van der Waals surface area contributed by atoms with Gasteiger partial charge in [-0.2, -0.15) is 0 Å². The molecule has 18 heavy (non-hydrogen) atoms. The molecule has 0 heterocycles. The summed E-state index contributed by atoms with van der Waals surface area (Å²) in [5, 5.41) is 0. The van der Waals surface area contributed by atoms with Gasteiger partial charge in [-0.05, 0) is 30.2 Å². The zero-order valence-electron chi connectivity index (χ0n) is 11.1. The van der Waals surface area contributed by atoms with Gasteiger partial charge in [0.2, 0.25) is 5.91 Å². The SMILES string of the molecule is CC.Cc1cccc(-c2cccc(C(N)=O)c2)c1. The highest BCUT2D eigenvalue weighted by atomic mass is 16.1. The maximum atomic E-state index is 11.1. The minimum absolute atomic E-state index is 0.394. The number of benzene rings is 2. The number of aryl methyl sites for hydroxylation is 1. The molecule has 1 amide bonds. The van der Waals surface area contributed by atoms with Crippen LogP contribution in [0.1, 0.15) is 29.8 Å². The van der Waals surface area contributed by atoms with E-state index in [2.05, 4.69) is 6.07 Å². The standard InChI is InChI=1S/C14H13NO.C2H6/c1-10-4-2-5-11(8-10)12-6-3-7-13(9-12)14(15)16;1-2/h2-9H,1H3,(H2,15,16);1-2H3. The highest BCUT2D eigenvalue weighted by Gasteiger charge is 2.02. The predicted octanol–water partition coefficient (Wildman–Crippen LogP) is 3.79. The Morgan fingerprint density at radius 1 is 0.944 bits per heavy atom. The summed E-state index contributed by atoms with van der Waals surface area (Å²) >= 11 is 0. The number of carbonyl (C=O) groups is 1. The average Bonchev–Trinajstić information content (AvgIpc) is 2.41. The van der Waals surface area contributed by atoms with Crippen LogP contribution in [0.15, 0.2) is 48.5 Å². The third kappa shape index (κ3) is 3.45. The number of rotatable bonds is 2. The van der Waals surface area contributed by atoms with Crippen molar-refractivity contribution in [1.82, 2.24) is 0 Å². The third-order valence-corrected chi connectivity index (χ3v) is 2.50. The molecule has 0 aliphatic carbocycles. The molecule has 2 heteroatoms. The molecule has 94 valence electrons. The van der Waals surface area contributed by atoms with Gasteiger partial charge in [-0.15, -0.1) is 0 Å². The van der Waals surface area contributed by atoms with Crippen molar-refractivity contribution in [2.75, 3.05) is 0 Å². The van der Waals surface area contributed by atoms with Crippen LogP contribution in [0.3, 0.4) is 0 Å². The molecule has 0 saturated carbocycles. The predicted molar refractivity (Wildman–Crippen MR) is 76.5 cm³/mol. The lowest BCUT2D eigenvalue weighted by Gasteiger charge is -2.04. The van der Waals surface area contributed by atoms with Crippen LogP contribution in [0.4, 0.5) is 0 Å². The van der Waals surface area contributed by atoms with Crippen molar-refractivity contribution >= 4 is 5.91 Å². The van der Waals surface area contributed by atoms with E-state index in [1.54, 1.807) is 6.07 Å². The third-order valence-electron chi connectivity index (χ3n) is 2.50. The fourth-order valence-electron chi connectivity index (χ4n) is 1.68. The maximum absolute atomic E-state index is 11.1. The lowest BCUT2D eigenvalue weighted by Crippen LogP contribution is -2.10. The molecule has 0 spiro atoms. The molecule has 0 aliphatic heterocycles. The molecule has 2 N–H and O–H groups in total. The van der Waals surface area contributed by atoms with E-state index in [-0.39, 0.29) is 0 Å². The van der Waals surface area contributed by atoms with E-state index in [0.29, 0.717) is 5.56 Å². The lowest BCUT2D eigenvalue weighted by atomic mass is 10.0. The molecule has 0 fully saturated rings. The molecule has 0 aromatic heterocycles. The maximum Gasteiger partial charge on any atom is 0.248 e. The van der Waals surface area contributed by atoms with Crippen molar-refractivity contribution < 1.29 is 4.79 Å². The van der Waals surface area contributed by atoms with Gasteiger partial charge in [-0.1, -0.05) is 55.8 Å². The van der Waals surface area contributed by atoms with Crippen LogP contribution >= 0.6 is 0 Å². The van der Waals surface area contributed by atoms with Crippen LogP contribution in [0.2, 0.25) is 0 Å². The Labute approximate surface area is 108 Å². The molecular formula is C16H19NO. The van der Waals surface area contributed by atoms with Gasteiger partial charge in [0.25, 0.3) is 0 Å². The van der Waals surface area contributed by atoms with Gasteiger partial charge in [0.05, 0.1) is 0 Å². The van der Waals surface area contributed by atoms with Crippen molar-refractivity contribution in [2.45, 2.75) is 20.8 Å². The number of hydrogen-bond acceptors (Lipinski definition) is 1. The second kappa shape index (κ2) is 6.60. The van der Waals surface area contributed by atoms with Crippen molar-refractivity contribution in [3.8, 4) is 11.1 Å². The van der Waals surface area contributed by atoms with E-state index in [9.17, 15) is 4.79 Å². The Kier molecular flexibility index (Phi) is 5.12. The van der Waals surface area contributed by atoms with E-state index in [1.165, 1.54) is 5.56 Å². The van der Waals surface area contributed by atoms with Crippen LogP contribution in [0.5, 0.6) is 0 Å². The molecule has 2 aromatic carbocycles. The number of amides is 1. The molecule has 0 saturated heterocycles. The quantitative estimate of drug-likeness (QED) is 0.854. The summed E-state index contributed by atoms with van der Waals surface area (Å²) in [5.41, 5.74) is 9.10. The largest absolute Gasteiger partial charge is 0.366 e. The second-order valence-electron chi connectivity index (χ2n) is 3.81. The smallest absolute Gasteiger partial charge is 0.248 e. The second-order valence-corrected chi connectivity index (χ2v) is 3.81. The first kappa shape index (κ1) is 14.0. The highest BCUT2D eigenvalue weighted by molar-refractivity contribution is 5.94. The fraction of sp³-hybridized carbons (Fsp3) is 0.188. The number of carbonyl (C=O) groups excluding carboxylic acids is 1.